The maximum atomic E-state index is 7.48. The molecule has 0 aliphatic carbocycles. The lowest BCUT2D eigenvalue weighted by molar-refractivity contribution is 0.539. The molecule has 0 saturated heterocycles. The van der Waals surface area contributed by atoms with Gasteiger partial charge in [-0.05, 0) is 62.1 Å². The Balaban J connectivity index is 2.94. The molecule has 0 bridgehead atoms. The van der Waals surface area contributed by atoms with Crippen LogP contribution in [0, 0.1) is 29.1 Å². The predicted molar refractivity (Wildman–Crippen MR) is 116 cm³/mol. The van der Waals surface area contributed by atoms with E-state index in [2.05, 4.69) is 59.9 Å². The van der Waals surface area contributed by atoms with Gasteiger partial charge in [0.15, 0.2) is 0 Å². The van der Waals surface area contributed by atoms with E-state index >= 15 is 0 Å². The fourth-order valence-corrected chi connectivity index (χ4v) is 3.62. The van der Waals surface area contributed by atoms with Crippen molar-refractivity contribution in [1.29, 1.82) is 5.41 Å². The third kappa shape index (κ3) is 7.09. The van der Waals surface area contributed by atoms with Gasteiger partial charge in [-0.1, -0.05) is 59.6 Å². The first-order chi connectivity index (χ1) is 12.3. The van der Waals surface area contributed by atoms with E-state index in [9.17, 15) is 0 Å². The van der Waals surface area contributed by atoms with Crippen LogP contribution in [0.3, 0.4) is 0 Å². The van der Waals surface area contributed by atoms with Crippen LogP contribution in [0.5, 0.6) is 0 Å². The summed E-state index contributed by atoms with van der Waals surface area (Å²) in [7, 11) is 0. The zero-order valence-electron chi connectivity index (χ0n) is 18.2. The molecule has 1 aliphatic rings. The lowest BCUT2D eigenvalue weighted by Crippen LogP contribution is -2.26. The summed E-state index contributed by atoms with van der Waals surface area (Å²) in [6.07, 6.45) is 9.57. The van der Waals surface area contributed by atoms with Crippen LogP contribution in [0.4, 0.5) is 0 Å². The SMILES string of the molecule is CCC/C(=C/CCC(C)C)NC1=NCC(C)/C1=C(/C)C(C)CC(C)C=N. The van der Waals surface area contributed by atoms with Gasteiger partial charge in [0, 0.05) is 18.2 Å². The molecule has 0 spiro atoms. The van der Waals surface area contributed by atoms with E-state index in [1.165, 1.54) is 23.3 Å². The van der Waals surface area contributed by atoms with E-state index in [1.807, 2.05) is 0 Å². The van der Waals surface area contributed by atoms with Gasteiger partial charge in [0.25, 0.3) is 0 Å². The molecule has 1 rings (SSSR count). The topological polar surface area (TPSA) is 48.2 Å². The van der Waals surface area contributed by atoms with Crippen molar-refractivity contribution in [1.82, 2.24) is 5.32 Å². The number of hydrogen-bond donors (Lipinski definition) is 2. The van der Waals surface area contributed by atoms with Crippen molar-refractivity contribution in [3.8, 4) is 0 Å². The minimum absolute atomic E-state index is 0.331. The second kappa shape index (κ2) is 11.4. The van der Waals surface area contributed by atoms with Crippen molar-refractivity contribution >= 4 is 12.1 Å². The van der Waals surface area contributed by atoms with Crippen LogP contribution >= 0.6 is 0 Å². The lowest BCUT2D eigenvalue weighted by Gasteiger charge is -2.21. The highest BCUT2D eigenvalue weighted by atomic mass is 15.0. The number of nitrogens with zero attached hydrogens (tertiary/aromatic N) is 1. The average molecular weight is 360 g/mol. The average Bonchev–Trinajstić information content (AvgIpc) is 2.94. The van der Waals surface area contributed by atoms with Gasteiger partial charge in [0.05, 0.1) is 0 Å². The standard InChI is InChI=1S/C23H41N3/c1-8-10-21(12-9-11-16(2)3)26-23-22(19(6)15-25-23)20(7)18(5)13-17(4)14-24/h12,14,16-19,24H,8-11,13,15H2,1-7H3,(H,25,26)/b21-12-,22-20+,24-14?. The third-order valence-electron chi connectivity index (χ3n) is 5.38. The van der Waals surface area contributed by atoms with Crippen LogP contribution in [0.1, 0.15) is 80.6 Å². The molecule has 1 aliphatic heterocycles. The fraction of sp³-hybridized carbons (Fsp3) is 0.739. The highest BCUT2D eigenvalue weighted by Crippen LogP contribution is 2.30. The monoisotopic (exact) mass is 359 g/mol. The molecule has 0 fully saturated rings. The van der Waals surface area contributed by atoms with Crippen LogP contribution in [0.2, 0.25) is 0 Å². The molecule has 2 N–H and O–H groups in total. The molecule has 3 heteroatoms. The molecule has 3 unspecified atom stereocenters. The summed E-state index contributed by atoms with van der Waals surface area (Å²) in [4.78, 5) is 4.83. The Labute approximate surface area is 162 Å². The van der Waals surface area contributed by atoms with Gasteiger partial charge < -0.3 is 10.7 Å². The molecule has 0 saturated carbocycles. The van der Waals surface area contributed by atoms with E-state index in [-0.39, 0.29) is 0 Å². The molecule has 1 heterocycles. The van der Waals surface area contributed by atoms with Gasteiger partial charge in [-0.2, -0.15) is 0 Å². The molecule has 0 aromatic rings. The molecule has 3 nitrogen and oxygen atoms in total. The van der Waals surface area contributed by atoms with Crippen molar-refractivity contribution in [3.05, 3.63) is 22.9 Å². The van der Waals surface area contributed by atoms with E-state index in [0.717, 1.165) is 44.0 Å². The van der Waals surface area contributed by atoms with E-state index in [1.54, 1.807) is 6.21 Å². The highest BCUT2D eigenvalue weighted by Gasteiger charge is 2.26. The van der Waals surface area contributed by atoms with Crippen molar-refractivity contribution < 1.29 is 0 Å². The largest absolute Gasteiger partial charge is 0.344 e. The maximum absolute atomic E-state index is 7.48. The van der Waals surface area contributed by atoms with E-state index in [0.29, 0.717) is 17.8 Å². The molecule has 0 aromatic carbocycles. The van der Waals surface area contributed by atoms with Crippen LogP contribution in [-0.2, 0) is 0 Å². The number of nitrogens with one attached hydrogen (secondary N) is 2. The van der Waals surface area contributed by atoms with Crippen LogP contribution in [0.25, 0.3) is 0 Å². The zero-order chi connectivity index (χ0) is 19.7. The molecule has 0 radical (unpaired) electrons. The summed E-state index contributed by atoms with van der Waals surface area (Å²) >= 11 is 0. The Bertz CT molecular complexity index is 540. The second-order valence-electron chi connectivity index (χ2n) is 8.54. The molecule has 0 aromatic heterocycles. The van der Waals surface area contributed by atoms with Crippen LogP contribution < -0.4 is 5.32 Å². The van der Waals surface area contributed by atoms with Crippen molar-refractivity contribution in [3.63, 3.8) is 0 Å². The fourth-order valence-electron chi connectivity index (χ4n) is 3.62. The molecule has 26 heavy (non-hydrogen) atoms. The van der Waals surface area contributed by atoms with Gasteiger partial charge >= 0.3 is 0 Å². The summed E-state index contributed by atoms with van der Waals surface area (Å²) in [6.45, 7) is 16.6. The Hall–Kier alpha value is -1.38. The molecule has 148 valence electrons. The van der Waals surface area contributed by atoms with Gasteiger partial charge in [-0.25, -0.2) is 0 Å². The third-order valence-corrected chi connectivity index (χ3v) is 5.38. The first-order valence-electron chi connectivity index (χ1n) is 10.5. The highest BCUT2D eigenvalue weighted by molar-refractivity contribution is 6.02. The summed E-state index contributed by atoms with van der Waals surface area (Å²) < 4.78 is 0. The Morgan fingerprint density at radius 3 is 2.58 bits per heavy atom. The van der Waals surface area contributed by atoms with Crippen molar-refractivity contribution in [2.24, 2.45) is 28.7 Å². The summed E-state index contributed by atoms with van der Waals surface area (Å²) in [5.41, 5.74) is 4.17. The van der Waals surface area contributed by atoms with Crippen molar-refractivity contribution in [2.45, 2.75) is 80.6 Å². The zero-order valence-corrected chi connectivity index (χ0v) is 18.2. The maximum Gasteiger partial charge on any atom is 0.128 e. The smallest absolute Gasteiger partial charge is 0.128 e. The molecule has 3 atom stereocenters. The Kier molecular flexibility index (Phi) is 9.90. The molecule has 0 amide bonds. The normalized spacial score (nSPS) is 22.2. The first kappa shape index (κ1) is 22.7. The summed E-state index contributed by atoms with van der Waals surface area (Å²) in [5, 5.41) is 11.2. The quantitative estimate of drug-likeness (QED) is 0.437. The van der Waals surface area contributed by atoms with E-state index < -0.39 is 0 Å². The number of amidine groups is 1. The second-order valence-corrected chi connectivity index (χ2v) is 8.54. The van der Waals surface area contributed by atoms with E-state index in [4.69, 9.17) is 10.4 Å². The summed E-state index contributed by atoms with van der Waals surface area (Å²) in [5.74, 6) is 3.13. The first-order valence-corrected chi connectivity index (χ1v) is 10.5. The molecular formula is C23H41N3. The molecular weight excluding hydrogens is 318 g/mol. The minimum atomic E-state index is 0.331. The van der Waals surface area contributed by atoms with Crippen LogP contribution in [0.15, 0.2) is 27.9 Å². The number of hydrogen-bond acceptors (Lipinski definition) is 3. The van der Waals surface area contributed by atoms with Gasteiger partial charge in [-0.3, -0.25) is 4.99 Å². The van der Waals surface area contributed by atoms with Crippen molar-refractivity contribution in [2.75, 3.05) is 6.54 Å². The number of rotatable bonds is 10. The minimum Gasteiger partial charge on any atom is -0.344 e. The Morgan fingerprint density at radius 1 is 1.31 bits per heavy atom. The van der Waals surface area contributed by atoms with Gasteiger partial charge in [0.1, 0.15) is 5.84 Å². The summed E-state index contributed by atoms with van der Waals surface area (Å²) in [6, 6.07) is 0. The van der Waals surface area contributed by atoms with Gasteiger partial charge in [-0.15, -0.1) is 0 Å². The number of aliphatic imine (C=N–C) groups is 1. The van der Waals surface area contributed by atoms with Crippen LogP contribution in [-0.4, -0.2) is 18.6 Å². The predicted octanol–water partition coefficient (Wildman–Crippen LogP) is 6.37. The lowest BCUT2D eigenvalue weighted by atomic mass is 9.86. The Morgan fingerprint density at radius 2 is 2.00 bits per heavy atom. The van der Waals surface area contributed by atoms with Gasteiger partial charge in [0.2, 0.25) is 0 Å². The number of allylic oxidation sites excluding steroid dienone is 3.